The van der Waals surface area contributed by atoms with Crippen LogP contribution in [-0.2, 0) is 5.60 Å². The van der Waals surface area contributed by atoms with Gasteiger partial charge in [-0.2, -0.15) is 0 Å². The summed E-state index contributed by atoms with van der Waals surface area (Å²) in [5, 5.41) is 11.3. The molecular weight excluding hydrogens is 370 g/mol. The predicted molar refractivity (Wildman–Crippen MR) is 108 cm³/mol. The molecule has 6 heteroatoms. The van der Waals surface area contributed by atoms with E-state index in [1.807, 2.05) is 27.7 Å². The summed E-state index contributed by atoms with van der Waals surface area (Å²) in [5.74, 6) is -1.28. The molecule has 3 rings (SSSR count). The van der Waals surface area contributed by atoms with Crippen molar-refractivity contribution in [1.29, 1.82) is 0 Å². The number of nitrogens with zero attached hydrogens (tertiary/aromatic N) is 1. The van der Waals surface area contributed by atoms with Gasteiger partial charge >= 0.3 is 6.09 Å². The van der Waals surface area contributed by atoms with Crippen molar-refractivity contribution >= 4 is 17.7 Å². The Morgan fingerprint density at radius 2 is 1.59 bits per heavy atom. The molecule has 0 heterocycles. The maximum absolute atomic E-state index is 13.0. The molecular formula is C23H25NO5. The quantitative estimate of drug-likeness (QED) is 0.776. The Morgan fingerprint density at radius 3 is 2.07 bits per heavy atom. The topological polar surface area (TPSA) is 83.9 Å². The third-order valence-electron chi connectivity index (χ3n) is 5.35. The third-order valence-corrected chi connectivity index (χ3v) is 5.35. The lowest BCUT2D eigenvalue weighted by molar-refractivity contribution is 0.0311. The maximum atomic E-state index is 13.0. The Labute approximate surface area is 170 Å². The Bertz CT molecular complexity index is 940. The molecule has 152 valence electrons. The van der Waals surface area contributed by atoms with E-state index in [4.69, 9.17) is 4.74 Å². The number of aliphatic hydroxyl groups is 1. The van der Waals surface area contributed by atoms with Gasteiger partial charge in [0.25, 0.3) is 0 Å². The van der Waals surface area contributed by atoms with Crippen LogP contribution in [0, 0.1) is 0 Å². The predicted octanol–water partition coefficient (Wildman–Crippen LogP) is 3.92. The first kappa shape index (κ1) is 20.7. The molecule has 0 fully saturated rings. The van der Waals surface area contributed by atoms with Gasteiger partial charge in [0.15, 0.2) is 0 Å². The Balaban J connectivity index is 2.13. The fraction of sp³-hybridized carbons (Fsp3) is 0.348. The van der Waals surface area contributed by atoms with Crippen LogP contribution >= 0.6 is 0 Å². The van der Waals surface area contributed by atoms with Crippen molar-refractivity contribution in [3.8, 4) is 5.75 Å². The van der Waals surface area contributed by atoms with Crippen molar-refractivity contribution in [1.82, 2.24) is 4.90 Å². The van der Waals surface area contributed by atoms with Gasteiger partial charge in [-0.25, -0.2) is 4.79 Å². The molecule has 1 N–H and O–H groups in total. The number of carbonyl (C=O) groups is 3. The maximum Gasteiger partial charge on any atom is 0.415 e. The van der Waals surface area contributed by atoms with E-state index in [1.54, 1.807) is 24.3 Å². The van der Waals surface area contributed by atoms with Crippen LogP contribution in [0.5, 0.6) is 5.75 Å². The van der Waals surface area contributed by atoms with Crippen LogP contribution in [0.4, 0.5) is 4.79 Å². The van der Waals surface area contributed by atoms with E-state index in [-0.39, 0.29) is 28.4 Å². The lowest BCUT2D eigenvalue weighted by atomic mass is 9.86. The van der Waals surface area contributed by atoms with Crippen LogP contribution in [0.15, 0.2) is 42.5 Å². The molecule has 6 nitrogen and oxygen atoms in total. The van der Waals surface area contributed by atoms with Crippen molar-refractivity contribution in [3.05, 3.63) is 64.7 Å². The van der Waals surface area contributed by atoms with E-state index in [9.17, 15) is 19.5 Å². The number of benzene rings is 2. The first-order chi connectivity index (χ1) is 13.7. The molecule has 0 saturated carbocycles. The summed E-state index contributed by atoms with van der Waals surface area (Å²) in [6, 6.07) is 11.1. The average Bonchev–Trinajstić information content (AvgIpc) is 2.91. The second-order valence-electron chi connectivity index (χ2n) is 7.36. The van der Waals surface area contributed by atoms with Gasteiger partial charge in [-0.1, -0.05) is 50.2 Å². The van der Waals surface area contributed by atoms with Crippen LogP contribution < -0.4 is 4.74 Å². The number of rotatable bonds is 5. The molecule has 0 aliphatic heterocycles. The highest BCUT2D eigenvalue weighted by atomic mass is 16.6. The molecule has 0 saturated heterocycles. The van der Waals surface area contributed by atoms with Gasteiger partial charge in [0.05, 0.1) is 0 Å². The SMILES string of the molecule is CCN(CC)C(=O)Oc1cc(C(C)C)ccc1C1(O)C(=O)c2ccccc2C1=O. The largest absolute Gasteiger partial charge is 0.415 e. The molecule has 0 atom stereocenters. The molecule has 29 heavy (non-hydrogen) atoms. The molecule has 1 aliphatic rings. The smallest absolute Gasteiger partial charge is 0.410 e. The van der Waals surface area contributed by atoms with Crippen LogP contribution in [0.25, 0.3) is 0 Å². The number of amides is 1. The second kappa shape index (κ2) is 7.79. The summed E-state index contributed by atoms with van der Waals surface area (Å²) >= 11 is 0. The summed E-state index contributed by atoms with van der Waals surface area (Å²) in [6.07, 6.45) is -0.601. The number of carbonyl (C=O) groups excluding carboxylic acids is 3. The minimum atomic E-state index is -2.42. The van der Waals surface area contributed by atoms with Crippen molar-refractivity contribution in [2.75, 3.05) is 13.1 Å². The Hall–Kier alpha value is -2.99. The van der Waals surface area contributed by atoms with Crippen LogP contribution in [0.1, 0.15) is 65.5 Å². The highest BCUT2D eigenvalue weighted by Crippen LogP contribution is 2.42. The summed E-state index contributed by atoms with van der Waals surface area (Å²) in [7, 11) is 0. The van der Waals surface area contributed by atoms with Gasteiger partial charge in [0, 0.05) is 29.8 Å². The minimum absolute atomic E-state index is 0.0186. The molecule has 1 aliphatic carbocycles. The van der Waals surface area contributed by atoms with Crippen LogP contribution in [0.2, 0.25) is 0 Å². The second-order valence-corrected chi connectivity index (χ2v) is 7.36. The standard InChI is InChI=1S/C23H25NO5/c1-5-24(6-2)22(27)29-19-13-15(14(3)4)11-12-18(19)23(28)20(25)16-9-7-8-10-17(16)21(23)26/h7-14,28H,5-6H2,1-4H3. The summed E-state index contributed by atoms with van der Waals surface area (Å²) in [5.41, 5.74) is -1.26. The number of ether oxygens (including phenoxy) is 1. The van der Waals surface area contributed by atoms with Gasteiger partial charge in [0.1, 0.15) is 5.75 Å². The molecule has 0 bridgehead atoms. The number of ketones is 2. The average molecular weight is 395 g/mol. The molecule has 2 aromatic rings. The Kier molecular flexibility index (Phi) is 5.57. The van der Waals surface area contributed by atoms with E-state index < -0.39 is 23.3 Å². The molecule has 0 spiro atoms. The summed E-state index contributed by atoms with van der Waals surface area (Å²) in [6.45, 7) is 8.49. The summed E-state index contributed by atoms with van der Waals surface area (Å²) < 4.78 is 5.58. The van der Waals surface area contributed by atoms with Crippen molar-refractivity contribution < 1.29 is 24.2 Å². The molecule has 0 radical (unpaired) electrons. The van der Waals surface area contributed by atoms with Gasteiger partial charge in [-0.3, -0.25) is 9.59 Å². The number of fused-ring (bicyclic) bond motifs is 1. The van der Waals surface area contributed by atoms with E-state index in [0.29, 0.717) is 13.1 Å². The fourth-order valence-electron chi connectivity index (χ4n) is 3.54. The zero-order valence-electron chi connectivity index (χ0n) is 17.1. The first-order valence-corrected chi connectivity index (χ1v) is 9.77. The fourth-order valence-corrected chi connectivity index (χ4v) is 3.54. The monoisotopic (exact) mass is 395 g/mol. The first-order valence-electron chi connectivity index (χ1n) is 9.77. The molecule has 0 unspecified atom stereocenters. The number of hydrogen-bond acceptors (Lipinski definition) is 5. The minimum Gasteiger partial charge on any atom is -0.410 e. The molecule has 0 aromatic heterocycles. The van der Waals surface area contributed by atoms with Gasteiger partial charge in [-0.05, 0) is 31.4 Å². The summed E-state index contributed by atoms with van der Waals surface area (Å²) in [4.78, 5) is 40.1. The number of Topliss-reactive ketones (excluding diaryl/α,β-unsaturated/α-hetero) is 2. The lowest BCUT2D eigenvalue weighted by Gasteiger charge is -2.25. The van der Waals surface area contributed by atoms with Gasteiger partial charge in [0.2, 0.25) is 17.2 Å². The van der Waals surface area contributed by atoms with E-state index in [1.165, 1.54) is 23.1 Å². The van der Waals surface area contributed by atoms with Gasteiger partial charge < -0.3 is 14.7 Å². The molecule has 1 amide bonds. The molecule has 2 aromatic carbocycles. The third kappa shape index (κ3) is 3.34. The zero-order chi connectivity index (χ0) is 21.3. The zero-order valence-corrected chi connectivity index (χ0v) is 17.1. The van der Waals surface area contributed by atoms with Crippen molar-refractivity contribution in [2.45, 2.75) is 39.2 Å². The van der Waals surface area contributed by atoms with Crippen molar-refractivity contribution in [2.24, 2.45) is 0 Å². The van der Waals surface area contributed by atoms with E-state index in [0.717, 1.165) is 5.56 Å². The highest BCUT2D eigenvalue weighted by molar-refractivity contribution is 6.32. The normalized spacial score (nSPS) is 14.8. The van der Waals surface area contributed by atoms with Crippen LogP contribution in [-0.4, -0.2) is 40.8 Å². The van der Waals surface area contributed by atoms with Crippen LogP contribution in [0.3, 0.4) is 0 Å². The van der Waals surface area contributed by atoms with Crippen molar-refractivity contribution in [3.63, 3.8) is 0 Å². The highest BCUT2D eigenvalue weighted by Gasteiger charge is 2.54. The Morgan fingerprint density at radius 1 is 1.03 bits per heavy atom. The lowest BCUT2D eigenvalue weighted by Crippen LogP contribution is -2.39. The van der Waals surface area contributed by atoms with Gasteiger partial charge in [-0.15, -0.1) is 0 Å². The number of hydrogen-bond donors (Lipinski definition) is 1. The van der Waals surface area contributed by atoms with E-state index in [2.05, 4.69) is 0 Å². The van der Waals surface area contributed by atoms with E-state index >= 15 is 0 Å².